The molecule has 0 bridgehead atoms. The van der Waals surface area contributed by atoms with Crippen molar-refractivity contribution in [3.05, 3.63) is 0 Å². The van der Waals surface area contributed by atoms with E-state index in [0.717, 1.165) is 38.8 Å². The molecule has 0 amide bonds. The molecule has 124 valence electrons. The van der Waals surface area contributed by atoms with Crippen LogP contribution in [0.25, 0.3) is 0 Å². The van der Waals surface area contributed by atoms with Crippen LogP contribution < -0.4 is 5.32 Å². The highest BCUT2D eigenvalue weighted by molar-refractivity contribution is 7.86. The fourth-order valence-electron chi connectivity index (χ4n) is 3.74. The number of likely N-dealkylation sites (N-methyl/N-ethyl adjacent to an activating group) is 1. The Labute approximate surface area is 130 Å². The van der Waals surface area contributed by atoms with E-state index in [1.165, 1.54) is 0 Å². The van der Waals surface area contributed by atoms with Crippen LogP contribution in [0.5, 0.6) is 0 Å². The zero-order chi connectivity index (χ0) is 15.5. The number of hydrogen-bond acceptors (Lipinski definition) is 3. The van der Waals surface area contributed by atoms with Crippen molar-refractivity contribution in [2.24, 2.45) is 11.8 Å². The molecule has 0 saturated carbocycles. The summed E-state index contributed by atoms with van der Waals surface area (Å²) in [6.07, 6.45) is 4.23. The first-order valence-electron chi connectivity index (χ1n) is 8.42. The Bertz CT molecular complexity index is 417. The molecule has 2 rings (SSSR count). The highest BCUT2D eigenvalue weighted by atomic mass is 32.2. The highest BCUT2D eigenvalue weighted by Crippen LogP contribution is 2.28. The second-order valence-corrected chi connectivity index (χ2v) is 8.72. The molecule has 2 aliphatic rings. The molecule has 2 fully saturated rings. The Morgan fingerprint density at radius 2 is 1.81 bits per heavy atom. The third-order valence-electron chi connectivity index (χ3n) is 4.66. The minimum absolute atomic E-state index is 0.122. The Kier molecular flexibility index (Phi) is 6.05. The van der Waals surface area contributed by atoms with Gasteiger partial charge in [0.05, 0.1) is 0 Å². The van der Waals surface area contributed by atoms with Crippen LogP contribution >= 0.6 is 0 Å². The summed E-state index contributed by atoms with van der Waals surface area (Å²) in [7, 11) is -3.30. The topological polar surface area (TPSA) is 52.7 Å². The second kappa shape index (κ2) is 7.40. The van der Waals surface area contributed by atoms with Crippen LogP contribution in [0.1, 0.15) is 46.5 Å². The summed E-state index contributed by atoms with van der Waals surface area (Å²) < 4.78 is 29.6. The van der Waals surface area contributed by atoms with Gasteiger partial charge in [-0.25, -0.2) is 0 Å². The molecule has 3 atom stereocenters. The van der Waals surface area contributed by atoms with E-state index in [1.54, 1.807) is 8.61 Å². The Morgan fingerprint density at radius 3 is 2.43 bits per heavy atom. The first-order chi connectivity index (χ1) is 9.95. The second-order valence-electron chi connectivity index (χ2n) is 6.84. The molecule has 0 aliphatic carbocycles. The van der Waals surface area contributed by atoms with E-state index < -0.39 is 10.2 Å². The molecular weight excluding hydrogens is 286 g/mol. The van der Waals surface area contributed by atoms with Gasteiger partial charge in [-0.15, -0.1) is 0 Å². The van der Waals surface area contributed by atoms with E-state index in [9.17, 15) is 8.42 Å². The van der Waals surface area contributed by atoms with Gasteiger partial charge in [0.1, 0.15) is 0 Å². The summed E-state index contributed by atoms with van der Waals surface area (Å²) in [5.74, 6) is 0.918. The van der Waals surface area contributed by atoms with Gasteiger partial charge in [-0.1, -0.05) is 27.2 Å². The molecule has 1 N–H and O–H groups in total. The van der Waals surface area contributed by atoms with Crippen molar-refractivity contribution in [2.75, 3.05) is 32.7 Å². The van der Waals surface area contributed by atoms with Gasteiger partial charge in [0.25, 0.3) is 10.2 Å². The van der Waals surface area contributed by atoms with Crippen molar-refractivity contribution < 1.29 is 8.42 Å². The van der Waals surface area contributed by atoms with Crippen molar-refractivity contribution in [2.45, 2.75) is 52.5 Å². The number of piperidine rings is 2. The smallest absolute Gasteiger partial charge is 0.282 e. The van der Waals surface area contributed by atoms with E-state index in [-0.39, 0.29) is 6.04 Å². The number of nitrogens with one attached hydrogen (secondary N) is 1. The van der Waals surface area contributed by atoms with Crippen LogP contribution in [-0.2, 0) is 10.2 Å². The van der Waals surface area contributed by atoms with Crippen molar-refractivity contribution in [1.82, 2.24) is 13.9 Å². The molecular formula is C15H31N3O2S. The molecule has 5 nitrogen and oxygen atoms in total. The molecule has 2 saturated heterocycles. The van der Waals surface area contributed by atoms with Gasteiger partial charge < -0.3 is 5.32 Å². The predicted molar refractivity (Wildman–Crippen MR) is 86.3 cm³/mol. The van der Waals surface area contributed by atoms with Gasteiger partial charge >= 0.3 is 0 Å². The van der Waals surface area contributed by atoms with Gasteiger partial charge in [0, 0.05) is 32.2 Å². The monoisotopic (exact) mass is 317 g/mol. The van der Waals surface area contributed by atoms with Crippen LogP contribution in [0.4, 0.5) is 0 Å². The summed E-state index contributed by atoms with van der Waals surface area (Å²) in [5.41, 5.74) is 0. The average Bonchev–Trinajstić information content (AvgIpc) is 2.44. The van der Waals surface area contributed by atoms with E-state index in [0.29, 0.717) is 31.5 Å². The van der Waals surface area contributed by atoms with Crippen molar-refractivity contribution >= 4 is 10.2 Å². The van der Waals surface area contributed by atoms with E-state index in [4.69, 9.17) is 0 Å². The standard InChI is InChI=1S/C15H31N3O2S/c1-4-16-10-15-7-5-6-8-18(15)21(19,20)17-11-13(2)9-14(3)12-17/h13-16H,4-12H2,1-3H3. The van der Waals surface area contributed by atoms with Crippen LogP contribution in [0.2, 0.25) is 0 Å². The van der Waals surface area contributed by atoms with Crippen LogP contribution in [0.15, 0.2) is 0 Å². The molecule has 21 heavy (non-hydrogen) atoms. The minimum atomic E-state index is -3.30. The molecule has 2 aliphatic heterocycles. The maximum absolute atomic E-state index is 13.0. The zero-order valence-electron chi connectivity index (χ0n) is 13.7. The molecule has 0 aromatic carbocycles. The van der Waals surface area contributed by atoms with Crippen LogP contribution in [-0.4, -0.2) is 55.8 Å². The van der Waals surface area contributed by atoms with E-state index in [1.807, 2.05) is 0 Å². The van der Waals surface area contributed by atoms with Gasteiger partial charge in [-0.3, -0.25) is 0 Å². The zero-order valence-corrected chi connectivity index (χ0v) is 14.5. The molecule has 0 aromatic rings. The molecule has 6 heteroatoms. The summed E-state index contributed by atoms with van der Waals surface area (Å²) in [6.45, 7) is 10.1. The lowest BCUT2D eigenvalue weighted by Crippen LogP contribution is -2.55. The maximum atomic E-state index is 13.0. The lowest BCUT2D eigenvalue weighted by molar-refractivity contribution is 0.184. The fraction of sp³-hybridized carbons (Fsp3) is 1.00. The lowest BCUT2D eigenvalue weighted by atomic mass is 9.94. The number of rotatable bonds is 5. The van der Waals surface area contributed by atoms with Crippen LogP contribution in [0.3, 0.4) is 0 Å². The molecule has 0 aromatic heterocycles. The SMILES string of the molecule is CCNCC1CCCCN1S(=O)(=O)N1CC(C)CC(C)C1. The first kappa shape index (κ1) is 17.2. The summed E-state index contributed by atoms with van der Waals surface area (Å²) in [5, 5.41) is 3.32. The van der Waals surface area contributed by atoms with Gasteiger partial charge in [-0.2, -0.15) is 17.0 Å². The van der Waals surface area contributed by atoms with E-state index >= 15 is 0 Å². The average molecular weight is 317 g/mol. The lowest BCUT2D eigenvalue weighted by Gasteiger charge is -2.41. The van der Waals surface area contributed by atoms with Crippen molar-refractivity contribution in [3.8, 4) is 0 Å². The molecule has 0 spiro atoms. The van der Waals surface area contributed by atoms with Gasteiger partial charge in [0.15, 0.2) is 0 Å². The highest BCUT2D eigenvalue weighted by Gasteiger charge is 2.38. The molecule has 2 heterocycles. The van der Waals surface area contributed by atoms with Gasteiger partial charge in [-0.05, 0) is 37.6 Å². The number of nitrogens with zero attached hydrogens (tertiary/aromatic N) is 2. The largest absolute Gasteiger partial charge is 0.315 e. The quantitative estimate of drug-likeness (QED) is 0.839. The fourth-order valence-corrected chi connectivity index (χ4v) is 5.83. The normalized spacial score (nSPS) is 33.2. The molecule has 3 unspecified atom stereocenters. The maximum Gasteiger partial charge on any atom is 0.282 e. The third kappa shape index (κ3) is 4.18. The van der Waals surface area contributed by atoms with Crippen molar-refractivity contribution in [3.63, 3.8) is 0 Å². The molecule has 0 radical (unpaired) electrons. The summed E-state index contributed by atoms with van der Waals surface area (Å²) >= 11 is 0. The van der Waals surface area contributed by atoms with Gasteiger partial charge in [0.2, 0.25) is 0 Å². The van der Waals surface area contributed by atoms with Crippen LogP contribution in [0, 0.1) is 11.8 Å². The third-order valence-corrected chi connectivity index (χ3v) is 6.69. The first-order valence-corrected chi connectivity index (χ1v) is 9.82. The summed E-state index contributed by atoms with van der Waals surface area (Å²) in [4.78, 5) is 0. The van der Waals surface area contributed by atoms with Crippen molar-refractivity contribution in [1.29, 1.82) is 0 Å². The summed E-state index contributed by atoms with van der Waals surface area (Å²) in [6, 6.07) is 0.122. The minimum Gasteiger partial charge on any atom is -0.315 e. The Morgan fingerprint density at radius 1 is 1.14 bits per heavy atom. The number of hydrogen-bond donors (Lipinski definition) is 1. The Balaban J connectivity index is 2.11. The Hall–Kier alpha value is -0.170. The predicted octanol–water partition coefficient (Wildman–Crippen LogP) is 1.67. The van der Waals surface area contributed by atoms with E-state index in [2.05, 4.69) is 26.1 Å².